The van der Waals surface area contributed by atoms with E-state index in [4.69, 9.17) is 0 Å². The quantitative estimate of drug-likeness (QED) is 0.870. The number of aryl methyl sites for hydroxylation is 1. The van der Waals surface area contributed by atoms with Crippen molar-refractivity contribution in [1.82, 2.24) is 9.55 Å². The molecule has 1 fully saturated rings. The van der Waals surface area contributed by atoms with E-state index in [1.165, 1.54) is 0 Å². The Balaban J connectivity index is 2.41. The molecule has 0 amide bonds. The molecule has 0 saturated heterocycles. The first-order chi connectivity index (χ1) is 7.49. The van der Waals surface area contributed by atoms with Gasteiger partial charge >= 0.3 is 5.69 Å². The molecule has 5 heteroatoms. The lowest BCUT2D eigenvalue weighted by atomic mass is 10.1. The van der Waals surface area contributed by atoms with Gasteiger partial charge < -0.3 is 0 Å². The Morgan fingerprint density at radius 3 is 2.62 bits per heavy atom. The summed E-state index contributed by atoms with van der Waals surface area (Å²) in [4.78, 5) is 15.9. The summed E-state index contributed by atoms with van der Waals surface area (Å²) < 4.78 is 2.70. The van der Waals surface area contributed by atoms with Gasteiger partial charge in [0.25, 0.3) is 0 Å². The lowest BCUT2D eigenvalue weighted by molar-refractivity contribution is 0.448. The second-order valence-electron chi connectivity index (χ2n) is 4.62. The monoisotopic (exact) mass is 302 g/mol. The number of halogens is 1. The molecule has 0 N–H and O–H groups in total. The molecule has 0 unspecified atom stereocenters. The largest absolute Gasteiger partial charge is 0.348 e. The zero-order chi connectivity index (χ0) is 11.9. The smallest absolute Gasteiger partial charge is 0.295 e. The van der Waals surface area contributed by atoms with E-state index in [1.54, 1.807) is 4.57 Å². The minimum absolute atomic E-state index is 0.147. The van der Waals surface area contributed by atoms with Gasteiger partial charge in [-0.1, -0.05) is 0 Å². The summed E-state index contributed by atoms with van der Waals surface area (Å²) in [7, 11) is 0. The molecule has 1 aliphatic carbocycles. The number of thiol groups is 1. The third kappa shape index (κ3) is 2.07. The highest BCUT2D eigenvalue weighted by molar-refractivity contribution is 9.10. The minimum atomic E-state index is -0.147. The van der Waals surface area contributed by atoms with Gasteiger partial charge in [0, 0.05) is 12.2 Å². The summed E-state index contributed by atoms with van der Waals surface area (Å²) in [5, 5.41) is 0. The van der Waals surface area contributed by atoms with Crippen molar-refractivity contribution in [3.8, 4) is 0 Å². The number of nitrogens with zero attached hydrogens (tertiary/aromatic N) is 2. The van der Waals surface area contributed by atoms with Gasteiger partial charge in [-0.3, -0.25) is 4.57 Å². The molecule has 0 radical (unpaired) electrons. The summed E-state index contributed by atoms with van der Waals surface area (Å²) in [6.07, 6.45) is 2.32. The summed E-state index contributed by atoms with van der Waals surface area (Å²) in [6, 6.07) is 0. The highest BCUT2D eigenvalue weighted by atomic mass is 79.9. The highest BCUT2D eigenvalue weighted by Gasteiger charge is 2.42. The van der Waals surface area contributed by atoms with Gasteiger partial charge in [0.1, 0.15) is 0 Å². The molecule has 88 valence electrons. The summed E-state index contributed by atoms with van der Waals surface area (Å²) >= 11 is 7.83. The summed E-state index contributed by atoms with van der Waals surface area (Å²) in [6.45, 7) is 4.54. The van der Waals surface area contributed by atoms with E-state index in [2.05, 4.69) is 33.5 Å². The Labute approximate surface area is 109 Å². The van der Waals surface area contributed by atoms with Crippen LogP contribution in [0.15, 0.2) is 9.27 Å². The first kappa shape index (κ1) is 12.2. The molecule has 0 aliphatic heterocycles. The molecule has 2 rings (SSSR count). The molecule has 1 heterocycles. The van der Waals surface area contributed by atoms with E-state index < -0.39 is 0 Å². The normalized spacial score (nSPS) is 17.5. The predicted octanol–water partition coefficient (Wildman–Crippen LogP) is 2.33. The molecule has 1 saturated carbocycles. The molecular weight excluding hydrogens is 288 g/mol. The van der Waals surface area contributed by atoms with Crippen LogP contribution in [0.1, 0.15) is 24.2 Å². The van der Waals surface area contributed by atoms with E-state index in [-0.39, 0.29) is 11.1 Å². The number of hydrogen-bond donors (Lipinski definition) is 1. The SMILES string of the molecule is Cc1nc(=O)n(CC2(CS)CC2)c(C)c1Br. The van der Waals surface area contributed by atoms with Crippen LogP contribution >= 0.6 is 28.6 Å². The van der Waals surface area contributed by atoms with Crippen molar-refractivity contribution >= 4 is 28.6 Å². The number of hydrogen-bond acceptors (Lipinski definition) is 3. The fraction of sp³-hybridized carbons (Fsp3) is 0.636. The minimum Gasteiger partial charge on any atom is -0.295 e. The van der Waals surface area contributed by atoms with Crippen LogP contribution in [-0.2, 0) is 6.54 Å². The Bertz CT molecular complexity index is 480. The van der Waals surface area contributed by atoms with E-state index >= 15 is 0 Å². The van der Waals surface area contributed by atoms with Gasteiger partial charge in [-0.05, 0) is 53.8 Å². The fourth-order valence-corrected chi connectivity index (χ4v) is 2.56. The van der Waals surface area contributed by atoms with Crippen LogP contribution < -0.4 is 5.69 Å². The van der Waals surface area contributed by atoms with Gasteiger partial charge in [0.2, 0.25) is 0 Å². The van der Waals surface area contributed by atoms with Crippen molar-refractivity contribution in [2.75, 3.05) is 5.75 Å². The first-order valence-corrected chi connectivity index (χ1v) is 6.76. The van der Waals surface area contributed by atoms with Crippen molar-refractivity contribution in [1.29, 1.82) is 0 Å². The van der Waals surface area contributed by atoms with E-state index in [1.807, 2.05) is 13.8 Å². The Hall–Kier alpha value is -0.290. The molecule has 1 aliphatic rings. The van der Waals surface area contributed by atoms with E-state index in [0.29, 0.717) is 0 Å². The van der Waals surface area contributed by atoms with Crippen LogP contribution in [0.25, 0.3) is 0 Å². The van der Waals surface area contributed by atoms with Gasteiger partial charge in [-0.15, -0.1) is 0 Å². The van der Waals surface area contributed by atoms with Gasteiger partial charge in [-0.25, -0.2) is 4.79 Å². The summed E-state index contributed by atoms with van der Waals surface area (Å²) in [5.74, 6) is 0.838. The van der Waals surface area contributed by atoms with Gasteiger partial charge in [0.05, 0.1) is 10.2 Å². The molecule has 0 spiro atoms. The summed E-state index contributed by atoms with van der Waals surface area (Å²) in [5.41, 5.74) is 1.81. The fourth-order valence-electron chi connectivity index (χ4n) is 1.84. The van der Waals surface area contributed by atoms with Crippen LogP contribution in [0.4, 0.5) is 0 Å². The van der Waals surface area contributed by atoms with Crippen LogP contribution in [0, 0.1) is 19.3 Å². The molecular formula is C11H15BrN2OS. The third-order valence-corrected chi connectivity index (χ3v) is 5.14. The topological polar surface area (TPSA) is 34.9 Å². The van der Waals surface area contributed by atoms with Crippen molar-refractivity contribution < 1.29 is 0 Å². The Morgan fingerprint density at radius 1 is 1.50 bits per heavy atom. The van der Waals surface area contributed by atoms with Crippen LogP contribution in [0.3, 0.4) is 0 Å². The molecule has 3 nitrogen and oxygen atoms in total. The molecule has 0 bridgehead atoms. The van der Waals surface area contributed by atoms with Crippen LogP contribution in [0.2, 0.25) is 0 Å². The Kier molecular flexibility index (Phi) is 3.18. The standard InChI is InChI=1S/C11H15BrN2OS/c1-7-9(12)8(2)14(10(15)13-7)5-11(6-16)3-4-11/h16H,3-6H2,1-2H3. The maximum atomic E-state index is 11.8. The maximum absolute atomic E-state index is 11.8. The van der Waals surface area contributed by atoms with Crippen molar-refractivity contribution in [2.45, 2.75) is 33.2 Å². The molecule has 0 aromatic carbocycles. The van der Waals surface area contributed by atoms with Crippen LogP contribution in [0.5, 0.6) is 0 Å². The molecule has 1 aromatic rings. The lowest BCUT2D eigenvalue weighted by Gasteiger charge is -2.17. The lowest BCUT2D eigenvalue weighted by Crippen LogP contribution is -2.30. The average Bonchev–Trinajstić information content (AvgIpc) is 3.02. The number of aromatic nitrogens is 2. The van der Waals surface area contributed by atoms with Crippen molar-refractivity contribution in [2.24, 2.45) is 5.41 Å². The van der Waals surface area contributed by atoms with Gasteiger partial charge in [-0.2, -0.15) is 17.6 Å². The van der Waals surface area contributed by atoms with Crippen LogP contribution in [-0.4, -0.2) is 15.3 Å². The zero-order valence-electron chi connectivity index (χ0n) is 9.46. The molecule has 0 atom stereocenters. The Morgan fingerprint density at radius 2 is 2.12 bits per heavy atom. The van der Waals surface area contributed by atoms with E-state index in [0.717, 1.165) is 41.0 Å². The van der Waals surface area contributed by atoms with E-state index in [9.17, 15) is 4.79 Å². The zero-order valence-corrected chi connectivity index (χ0v) is 11.9. The maximum Gasteiger partial charge on any atom is 0.348 e. The highest BCUT2D eigenvalue weighted by Crippen LogP contribution is 2.47. The second kappa shape index (κ2) is 4.18. The van der Waals surface area contributed by atoms with Crippen molar-refractivity contribution in [3.05, 3.63) is 26.3 Å². The van der Waals surface area contributed by atoms with Crippen molar-refractivity contribution in [3.63, 3.8) is 0 Å². The second-order valence-corrected chi connectivity index (χ2v) is 5.73. The third-order valence-electron chi connectivity index (χ3n) is 3.32. The molecule has 1 aromatic heterocycles. The predicted molar refractivity (Wildman–Crippen MR) is 71.2 cm³/mol. The number of rotatable bonds is 3. The van der Waals surface area contributed by atoms with Gasteiger partial charge in [0.15, 0.2) is 0 Å². The molecule has 16 heavy (non-hydrogen) atoms. The first-order valence-electron chi connectivity index (χ1n) is 5.33. The average molecular weight is 303 g/mol.